The van der Waals surface area contributed by atoms with E-state index in [1.54, 1.807) is 29.9 Å². The molecule has 1 aliphatic carbocycles. The van der Waals surface area contributed by atoms with Crippen LogP contribution in [0, 0.1) is 6.92 Å². The van der Waals surface area contributed by atoms with Crippen molar-refractivity contribution in [2.24, 2.45) is 0 Å². The molecule has 2 N–H and O–H groups in total. The van der Waals surface area contributed by atoms with E-state index in [4.69, 9.17) is 0 Å². The zero-order valence-electron chi connectivity index (χ0n) is 15.3. The molecule has 0 amide bonds. The lowest BCUT2D eigenvalue weighted by atomic mass is 9.81. The molecule has 0 spiro atoms. The Morgan fingerprint density at radius 3 is 2.81 bits per heavy atom. The molecule has 0 saturated heterocycles. The minimum Gasteiger partial charge on any atom is -0.387 e. The molecular weight excluding hydrogens is 333 g/mol. The maximum absolute atomic E-state index is 14.5. The second kappa shape index (κ2) is 7.53. The first-order valence-electron chi connectivity index (χ1n) is 9.04. The van der Waals surface area contributed by atoms with Gasteiger partial charge in [-0.2, -0.15) is 10.1 Å². The van der Waals surface area contributed by atoms with Crippen LogP contribution in [0.3, 0.4) is 0 Å². The van der Waals surface area contributed by atoms with Gasteiger partial charge >= 0.3 is 0 Å². The SMILES string of the molecule is C=CCC1(F)CCC(Nc2cc(C)nc(-n3ccc(C(C)O)n3)n2)CC1. The van der Waals surface area contributed by atoms with Crippen molar-refractivity contribution in [3.63, 3.8) is 0 Å². The van der Waals surface area contributed by atoms with Gasteiger partial charge in [0.2, 0.25) is 0 Å². The number of aliphatic hydroxyl groups excluding tert-OH is 1. The van der Waals surface area contributed by atoms with Gasteiger partial charge in [0.05, 0.1) is 11.8 Å². The van der Waals surface area contributed by atoms with Gasteiger partial charge in [0.1, 0.15) is 11.5 Å². The second-order valence-corrected chi connectivity index (χ2v) is 7.12. The number of aryl methyl sites for hydroxylation is 1. The van der Waals surface area contributed by atoms with Gasteiger partial charge in [-0.3, -0.25) is 0 Å². The number of hydrogen-bond donors (Lipinski definition) is 2. The normalized spacial score (nSPS) is 24.2. The van der Waals surface area contributed by atoms with E-state index in [9.17, 15) is 9.50 Å². The van der Waals surface area contributed by atoms with Crippen molar-refractivity contribution in [3.05, 3.63) is 42.4 Å². The maximum atomic E-state index is 14.5. The molecule has 26 heavy (non-hydrogen) atoms. The second-order valence-electron chi connectivity index (χ2n) is 7.12. The predicted molar refractivity (Wildman–Crippen MR) is 99.1 cm³/mol. The molecule has 1 atom stereocenters. The van der Waals surface area contributed by atoms with Gasteiger partial charge in [0.15, 0.2) is 0 Å². The van der Waals surface area contributed by atoms with E-state index >= 15 is 0 Å². The average Bonchev–Trinajstić information content (AvgIpc) is 3.07. The summed E-state index contributed by atoms with van der Waals surface area (Å²) in [5.41, 5.74) is 0.270. The Kier molecular flexibility index (Phi) is 5.36. The van der Waals surface area contributed by atoms with Crippen LogP contribution in [0.25, 0.3) is 5.95 Å². The first-order chi connectivity index (χ1) is 12.4. The monoisotopic (exact) mass is 359 g/mol. The van der Waals surface area contributed by atoms with E-state index in [0.717, 1.165) is 18.5 Å². The summed E-state index contributed by atoms with van der Waals surface area (Å²) in [6.07, 6.45) is 5.76. The molecule has 1 saturated carbocycles. The van der Waals surface area contributed by atoms with Gasteiger partial charge in [-0.1, -0.05) is 6.08 Å². The fourth-order valence-electron chi connectivity index (χ4n) is 3.35. The number of nitrogens with zero attached hydrogens (tertiary/aromatic N) is 4. The molecular formula is C19H26FN5O. The van der Waals surface area contributed by atoms with E-state index in [0.29, 0.717) is 36.7 Å². The van der Waals surface area contributed by atoms with Crippen LogP contribution < -0.4 is 5.32 Å². The third-order valence-electron chi connectivity index (χ3n) is 4.83. The molecule has 0 aliphatic heterocycles. The summed E-state index contributed by atoms with van der Waals surface area (Å²) < 4.78 is 16.1. The molecule has 1 fully saturated rings. The number of aromatic nitrogens is 4. The summed E-state index contributed by atoms with van der Waals surface area (Å²) in [6, 6.07) is 3.81. The van der Waals surface area contributed by atoms with Gasteiger partial charge in [-0.05, 0) is 52.0 Å². The number of halogens is 1. The Balaban J connectivity index is 1.71. The van der Waals surface area contributed by atoms with Gasteiger partial charge < -0.3 is 10.4 Å². The Labute approximate surface area is 153 Å². The molecule has 1 aliphatic rings. The predicted octanol–water partition coefficient (Wildman–Crippen LogP) is 3.66. The van der Waals surface area contributed by atoms with Crippen molar-refractivity contribution in [2.45, 2.75) is 63.8 Å². The summed E-state index contributed by atoms with van der Waals surface area (Å²) in [7, 11) is 0. The van der Waals surface area contributed by atoms with Crippen LogP contribution in [-0.4, -0.2) is 36.6 Å². The first-order valence-corrected chi connectivity index (χ1v) is 9.04. The van der Waals surface area contributed by atoms with Crippen molar-refractivity contribution >= 4 is 5.82 Å². The van der Waals surface area contributed by atoms with Gasteiger partial charge in [-0.25, -0.2) is 14.1 Å². The van der Waals surface area contributed by atoms with Crippen LogP contribution in [0.1, 0.15) is 56.5 Å². The van der Waals surface area contributed by atoms with Crippen molar-refractivity contribution in [2.75, 3.05) is 5.32 Å². The first kappa shape index (κ1) is 18.5. The third kappa shape index (κ3) is 4.27. The third-order valence-corrected chi connectivity index (χ3v) is 4.83. The van der Waals surface area contributed by atoms with Gasteiger partial charge in [0.25, 0.3) is 5.95 Å². The van der Waals surface area contributed by atoms with Crippen LogP contribution in [0.4, 0.5) is 10.2 Å². The largest absolute Gasteiger partial charge is 0.387 e. The number of alkyl halides is 1. The van der Waals surface area contributed by atoms with E-state index in [1.165, 1.54) is 0 Å². The van der Waals surface area contributed by atoms with Gasteiger partial charge in [0, 0.05) is 24.0 Å². The molecule has 0 aromatic carbocycles. The number of anilines is 1. The van der Waals surface area contributed by atoms with E-state index < -0.39 is 11.8 Å². The smallest absolute Gasteiger partial charge is 0.252 e. The zero-order valence-corrected chi connectivity index (χ0v) is 15.3. The number of allylic oxidation sites excluding steroid dienone is 1. The average molecular weight is 359 g/mol. The van der Waals surface area contributed by atoms with E-state index in [-0.39, 0.29) is 6.04 Å². The Morgan fingerprint density at radius 2 is 2.19 bits per heavy atom. The van der Waals surface area contributed by atoms with Gasteiger partial charge in [-0.15, -0.1) is 6.58 Å². The molecule has 2 heterocycles. The summed E-state index contributed by atoms with van der Waals surface area (Å²) >= 11 is 0. The molecule has 7 heteroatoms. The molecule has 0 radical (unpaired) electrons. The fraction of sp³-hybridized carbons (Fsp3) is 0.526. The molecule has 2 aromatic rings. The Hall–Kier alpha value is -2.28. The molecule has 3 rings (SSSR count). The lowest BCUT2D eigenvalue weighted by Crippen LogP contribution is -2.35. The molecule has 2 aromatic heterocycles. The Morgan fingerprint density at radius 1 is 1.46 bits per heavy atom. The maximum Gasteiger partial charge on any atom is 0.252 e. The minimum atomic E-state index is -1.11. The highest BCUT2D eigenvalue weighted by atomic mass is 19.1. The lowest BCUT2D eigenvalue weighted by molar-refractivity contribution is 0.106. The highest BCUT2D eigenvalue weighted by Crippen LogP contribution is 2.36. The lowest BCUT2D eigenvalue weighted by Gasteiger charge is -2.33. The van der Waals surface area contributed by atoms with Crippen molar-refractivity contribution in [3.8, 4) is 5.95 Å². The number of nitrogens with one attached hydrogen (secondary N) is 1. The number of rotatable bonds is 6. The molecule has 1 unspecified atom stereocenters. The van der Waals surface area contributed by atoms with E-state index in [2.05, 4.69) is 27.0 Å². The minimum absolute atomic E-state index is 0.191. The van der Waals surface area contributed by atoms with Crippen LogP contribution in [-0.2, 0) is 0 Å². The zero-order chi connectivity index (χ0) is 18.7. The van der Waals surface area contributed by atoms with Crippen molar-refractivity contribution in [1.29, 1.82) is 0 Å². The van der Waals surface area contributed by atoms with Crippen LogP contribution in [0.2, 0.25) is 0 Å². The van der Waals surface area contributed by atoms with Crippen LogP contribution >= 0.6 is 0 Å². The van der Waals surface area contributed by atoms with E-state index in [1.807, 2.05) is 13.0 Å². The van der Waals surface area contributed by atoms with Crippen LogP contribution in [0.5, 0.6) is 0 Å². The quantitative estimate of drug-likeness (QED) is 0.770. The standard InChI is InChI=1S/C19H26FN5O/c1-4-8-19(20)9-5-15(6-10-19)22-17-12-13(2)21-18(23-17)25-11-7-16(24-25)14(3)26/h4,7,11-12,14-15,26H,1,5-6,8-10H2,2-3H3,(H,21,22,23). The van der Waals surface area contributed by atoms with Crippen LogP contribution in [0.15, 0.2) is 31.0 Å². The highest BCUT2D eigenvalue weighted by Gasteiger charge is 2.34. The molecule has 140 valence electrons. The van der Waals surface area contributed by atoms with Crippen molar-refractivity contribution in [1.82, 2.24) is 19.7 Å². The summed E-state index contributed by atoms with van der Waals surface area (Å²) in [6.45, 7) is 7.21. The van der Waals surface area contributed by atoms with Crippen molar-refractivity contribution < 1.29 is 9.50 Å². The summed E-state index contributed by atoms with van der Waals surface area (Å²) in [5, 5.41) is 17.3. The number of hydrogen-bond acceptors (Lipinski definition) is 5. The number of aliphatic hydroxyl groups is 1. The highest BCUT2D eigenvalue weighted by molar-refractivity contribution is 5.39. The summed E-state index contributed by atoms with van der Waals surface area (Å²) in [4.78, 5) is 8.94. The molecule has 6 nitrogen and oxygen atoms in total. The molecule has 0 bridgehead atoms. The fourth-order valence-corrected chi connectivity index (χ4v) is 3.35. The topological polar surface area (TPSA) is 75.9 Å². The Bertz CT molecular complexity index is 765. The summed E-state index contributed by atoms with van der Waals surface area (Å²) in [5.74, 6) is 1.16.